The Hall–Kier alpha value is -3.23. The van der Waals surface area contributed by atoms with E-state index in [-0.39, 0.29) is 11.3 Å². The molecule has 3 aromatic rings. The molecule has 0 bridgehead atoms. The Labute approximate surface area is 181 Å². The van der Waals surface area contributed by atoms with Crippen LogP contribution < -0.4 is 10.1 Å². The molecule has 162 valence electrons. The fourth-order valence-corrected chi connectivity index (χ4v) is 4.53. The van der Waals surface area contributed by atoms with Crippen LogP contribution in [0.5, 0.6) is 5.75 Å². The molecule has 0 unspecified atom stereocenters. The van der Waals surface area contributed by atoms with Gasteiger partial charge in [0, 0.05) is 19.2 Å². The molecule has 3 aromatic carbocycles. The highest BCUT2D eigenvalue weighted by atomic mass is 32.2. The third-order valence-corrected chi connectivity index (χ3v) is 6.73. The molecule has 6 nitrogen and oxygen atoms in total. The minimum Gasteiger partial charge on any atom is -0.497 e. The van der Waals surface area contributed by atoms with Crippen molar-refractivity contribution in [2.24, 2.45) is 0 Å². The minimum atomic E-state index is -3.87. The van der Waals surface area contributed by atoms with Crippen LogP contribution in [0.15, 0.2) is 83.8 Å². The van der Waals surface area contributed by atoms with Crippen LogP contribution in [0.4, 0.5) is 10.1 Å². The number of rotatable bonds is 8. The van der Waals surface area contributed by atoms with Crippen molar-refractivity contribution in [3.63, 3.8) is 0 Å². The highest BCUT2D eigenvalue weighted by molar-refractivity contribution is 7.89. The zero-order chi connectivity index (χ0) is 22.4. The summed E-state index contributed by atoms with van der Waals surface area (Å²) in [5, 5.41) is 2.63. The lowest BCUT2D eigenvalue weighted by Crippen LogP contribution is -2.33. The van der Waals surface area contributed by atoms with Crippen LogP contribution in [-0.4, -0.2) is 32.8 Å². The van der Waals surface area contributed by atoms with E-state index in [4.69, 9.17) is 4.74 Å². The van der Waals surface area contributed by atoms with Crippen LogP contribution in [0, 0.1) is 5.82 Å². The van der Waals surface area contributed by atoms with Gasteiger partial charge in [-0.2, -0.15) is 4.31 Å². The lowest BCUT2D eigenvalue weighted by Gasteiger charge is -2.28. The largest absolute Gasteiger partial charge is 0.497 e. The monoisotopic (exact) mass is 442 g/mol. The van der Waals surface area contributed by atoms with Crippen molar-refractivity contribution < 1.29 is 22.3 Å². The number of benzene rings is 3. The molecule has 0 heterocycles. The molecule has 31 heavy (non-hydrogen) atoms. The number of nitrogens with one attached hydrogen (secondary N) is 1. The fraction of sp³-hybridized carbons (Fsp3) is 0.174. The van der Waals surface area contributed by atoms with Gasteiger partial charge in [-0.25, -0.2) is 12.8 Å². The molecule has 0 aliphatic carbocycles. The Morgan fingerprint density at radius 1 is 1.03 bits per heavy atom. The van der Waals surface area contributed by atoms with Crippen molar-refractivity contribution in [2.45, 2.75) is 17.4 Å². The second kappa shape index (κ2) is 9.72. The van der Waals surface area contributed by atoms with Gasteiger partial charge in [-0.15, -0.1) is 0 Å². The quantitative estimate of drug-likeness (QED) is 0.567. The van der Waals surface area contributed by atoms with Crippen molar-refractivity contribution in [3.05, 3.63) is 90.2 Å². The molecular formula is C23H23FN2O4S. The van der Waals surface area contributed by atoms with Gasteiger partial charge in [-0.3, -0.25) is 4.79 Å². The lowest BCUT2D eigenvalue weighted by molar-refractivity contribution is -0.117. The van der Waals surface area contributed by atoms with Crippen LogP contribution in [0.25, 0.3) is 0 Å². The number of anilines is 1. The molecule has 3 rings (SSSR count). The summed E-state index contributed by atoms with van der Waals surface area (Å²) in [5.74, 6) is -0.310. The SMILES string of the molecule is COc1ccc([C@@H](CC(=O)Nc2cccc(F)c2)N(C)S(=O)(=O)c2ccccc2)cc1. The first-order valence-corrected chi connectivity index (χ1v) is 11.0. The van der Waals surface area contributed by atoms with Crippen LogP contribution in [0.3, 0.4) is 0 Å². The number of carbonyl (C=O) groups excluding carboxylic acids is 1. The van der Waals surface area contributed by atoms with Crippen molar-refractivity contribution in [3.8, 4) is 5.75 Å². The Bertz CT molecular complexity index is 1140. The van der Waals surface area contributed by atoms with E-state index >= 15 is 0 Å². The van der Waals surface area contributed by atoms with E-state index in [0.29, 0.717) is 17.0 Å². The Morgan fingerprint density at radius 3 is 2.32 bits per heavy atom. The van der Waals surface area contributed by atoms with Crippen LogP contribution in [0.1, 0.15) is 18.0 Å². The number of hydrogen-bond acceptors (Lipinski definition) is 4. The second-order valence-electron chi connectivity index (χ2n) is 6.89. The summed E-state index contributed by atoms with van der Waals surface area (Å²) in [6.45, 7) is 0. The molecule has 0 aliphatic rings. The van der Waals surface area contributed by atoms with Gasteiger partial charge >= 0.3 is 0 Å². The second-order valence-corrected chi connectivity index (χ2v) is 8.88. The molecule has 0 saturated heterocycles. The van der Waals surface area contributed by atoms with Gasteiger partial charge in [0.2, 0.25) is 15.9 Å². The number of carbonyl (C=O) groups is 1. The average molecular weight is 443 g/mol. The zero-order valence-corrected chi connectivity index (χ0v) is 18.0. The van der Waals surface area contributed by atoms with Crippen LogP contribution >= 0.6 is 0 Å². The first-order chi connectivity index (χ1) is 14.8. The highest BCUT2D eigenvalue weighted by Gasteiger charge is 2.31. The number of hydrogen-bond donors (Lipinski definition) is 1. The van der Waals surface area contributed by atoms with E-state index in [9.17, 15) is 17.6 Å². The van der Waals surface area contributed by atoms with Crippen LogP contribution in [-0.2, 0) is 14.8 Å². The topological polar surface area (TPSA) is 75.7 Å². The Kier molecular flexibility index (Phi) is 7.04. The van der Waals surface area contributed by atoms with E-state index in [1.807, 2.05) is 0 Å². The van der Waals surface area contributed by atoms with E-state index in [1.54, 1.807) is 48.5 Å². The number of methoxy groups -OCH3 is 1. The van der Waals surface area contributed by atoms with Gasteiger partial charge in [0.15, 0.2) is 0 Å². The van der Waals surface area contributed by atoms with Gasteiger partial charge in [-0.05, 0) is 48.0 Å². The summed E-state index contributed by atoms with van der Waals surface area (Å²) >= 11 is 0. The van der Waals surface area contributed by atoms with Crippen molar-refractivity contribution >= 4 is 21.6 Å². The van der Waals surface area contributed by atoms with Gasteiger partial charge < -0.3 is 10.1 Å². The third kappa shape index (κ3) is 5.48. The van der Waals surface area contributed by atoms with Crippen LogP contribution in [0.2, 0.25) is 0 Å². The van der Waals surface area contributed by atoms with Crippen molar-refractivity contribution in [1.82, 2.24) is 4.31 Å². The summed E-state index contributed by atoms with van der Waals surface area (Å²) in [7, 11) is -0.895. The maximum Gasteiger partial charge on any atom is 0.243 e. The molecule has 0 aliphatic heterocycles. The predicted octanol–water partition coefficient (Wildman–Crippen LogP) is 4.22. The maximum absolute atomic E-state index is 13.4. The molecule has 0 aromatic heterocycles. The molecule has 0 fully saturated rings. The number of amides is 1. The van der Waals surface area contributed by atoms with Gasteiger partial charge in [0.25, 0.3) is 0 Å². The van der Waals surface area contributed by atoms with E-state index in [1.165, 1.54) is 48.8 Å². The number of halogens is 1. The summed E-state index contributed by atoms with van der Waals surface area (Å²) < 4.78 is 46.1. The molecule has 1 atom stereocenters. The smallest absolute Gasteiger partial charge is 0.243 e. The number of nitrogens with zero attached hydrogens (tertiary/aromatic N) is 1. The Morgan fingerprint density at radius 2 is 1.71 bits per heavy atom. The molecular weight excluding hydrogens is 419 g/mol. The molecule has 0 spiro atoms. The summed E-state index contributed by atoms with van der Waals surface area (Å²) in [4.78, 5) is 12.8. The number of sulfonamides is 1. The first-order valence-electron chi connectivity index (χ1n) is 9.53. The van der Waals surface area contributed by atoms with E-state index in [2.05, 4.69) is 5.32 Å². The van der Waals surface area contributed by atoms with E-state index < -0.39 is 27.8 Å². The third-order valence-electron chi connectivity index (χ3n) is 4.85. The van der Waals surface area contributed by atoms with Gasteiger partial charge in [0.1, 0.15) is 11.6 Å². The van der Waals surface area contributed by atoms with Gasteiger partial charge in [-0.1, -0.05) is 36.4 Å². The minimum absolute atomic E-state index is 0.126. The Balaban J connectivity index is 1.91. The summed E-state index contributed by atoms with van der Waals surface area (Å²) in [6.07, 6.45) is -0.161. The predicted molar refractivity (Wildman–Crippen MR) is 117 cm³/mol. The van der Waals surface area contributed by atoms with E-state index in [0.717, 1.165) is 0 Å². The highest BCUT2D eigenvalue weighted by Crippen LogP contribution is 2.30. The molecule has 1 amide bonds. The number of ether oxygens (including phenoxy) is 1. The normalized spacial score (nSPS) is 12.4. The maximum atomic E-state index is 13.4. The lowest BCUT2D eigenvalue weighted by atomic mass is 10.0. The molecule has 1 N–H and O–H groups in total. The first kappa shape index (κ1) is 22.5. The van der Waals surface area contributed by atoms with Crippen molar-refractivity contribution in [1.29, 1.82) is 0 Å². The fourth-order valence-electron chi connectivity index (χ4n) is 3.16. The van der Waals surface area contributed by atoms with Crippen molar-refractivity contribution in [2.75, 3.05) is 19.5 Å². The van der Waals surface area contributed by atoms with Gasteiger partial charge in [0.05, 0.1) is 18.0 Å². The summed E-state index contributed by atoms with van der Waals surface area (Å²) in [5.41, 5.74) is 0.921. The summed E-state index contributed by atoms with van der Waals surface area (Å²) in [6, 6.07) is 19.6. The zero-order valence-electron chi connectivity index (χ0n) is 17.2. The molecule has 8 heteroatoms. The average Bonchev–Trinajstić information content (AvgIpc) is 2.77. The molecule has 0 saturated carbocycles. The molecule has 0 radical (unpaired) electrons. The standard InChI is InChI=1S/C23H23FN2O4S/c1-26(31(28,29)21-9-4-3-5-10-21)22(17-11-13-20(30-2)14-12-17)16-23(27)25-19-8-6-7-18(24)15-19/h3-15,22H,16H2,1-2H3,(H,25,27)/t22-/m1/s1.